The second-order valence-corrected chi connectivity index (χ2v) is 9.13. The van der Waals surface area contributed by atoms with Crippen LogP contribution in [0.15, 0.2) is 42.5 Å². The number of carbonyl (C=O) groups excluding carboxylic acids is 2. The topological polar surface area (TPSA) is 87.5 Å². The van der Waals surface area contributed by atoms with Gasteiger partial charge in [0.05, 0.1) is 21.8 Å². The van der Waals surface area contributed by atoms with Crippen LogP contribution in [0.1, 0.15) is 58.4 Å². The third-order valence-electron chi connectivity index (χ3n) is 6.19. The van der Waals surface area contributed by atoms with E-state index in [-0.39, 0.29) is 17.9 Å². The van der Waals surface area contributed by atoms with E-state index in [1.165, 1.54) is 5.56 Å². The Morgan fingerprint density at radius 1 is 1.03 bits per heavy atom. The van der Waals surface area contributed by atoms with Gasteiger partial charge in [-0.3, -0.25) is 4.79 Å². The smallest absolute Gasteiger partial charge is 0.321 e. The van der Waals surface area contributed by atoms with Gasteiger partial charge in [0.15, 0.2) is 0 Å². The molecule has 6 nitrogen and oxygen atoms in total. The molecule has 8 heteroatoms. The van der Waals surface area contributed by atoms with Crippen molar-refractivity contribution in [2.75, 3.05) is 23.7 Å². The van der Waals surface area contributed by atoms with Gasteiger partial charge in [0, 0.05) is 18.8 Å². The molecule has 0 saturated carbocycles. The molecular formula is C26H36Cl2N4O2. The molecule has 3 amide bonds. The average molecular weight is 508 g/mol. The largest absolute Gasteiger partial charge is 0.325 e. The van der Waals surface area contributed by atoms with Crippen molar-refractivity contribution in [2.24, 2.45) is 11.7 Å². The number of para-hydroxylation sites is 1. The van der Waals surface area contributed by atoms with Crippen LogP contribution in [0.2, 0.25) is 10.0 Å². The van der Waals surface area contributed by atoms with E-state index in [1.807, 2.05) is 52.0 Å². The first-order chi connectivity index (χ1) is 16.3. The van der Waals surface area contributed by atoms with Gasteiger partial charge in [-0.05, 0) is 54.5 Å². The van der Waals surface area contributed by atoms with Crippen LogP contribution in [0, 0.1) is 5.92 Å². The molecule has 2 aromatic carbocycles. The van der Waals surface area contributed by atoms with Crippen LogP contribution in [0.3, 0.4) is 0 Å². The highest BCUT2D eigenvalue weighted by molar-refractivity contribution is 6.39. The molecule has 1 fully saturated rings. The predicted molar refractivity (Wildman–Crippen MR) is 143 cm³/mol. The first-order valence-electron chi connectivity index (χ1n) is 12.0. The number of rotatable bonds is 6. The number of hydrogen-bond donors (Lipinski definition) is 3. The Morgan fingerprint density at radius 3 is 2.12 bits per heavy atom. The standard InChI is InChI=1S/C24H30Cl2N4O2.C2H6/c1-3-15(2)21(27)23(31)28-18-9-7-16(8-10-18)17-11-13-30(14-12-17)24(32)29-22-19(25)5-4-6-20(22)26;1-2/h4-10,15,17,21H,3,11-14,27H2,1-2H3,(H,28,31)(H,29,32);1-2H3. The van der Waals surface area contributed by atoms with Crippen LogP contribution in [0.5, 0.6) is 0 Å². The number of nitrogens with zero attached hydrogens (tertiary/aromatic N) is 1. The number of anilines is 2. The molecule has 186 valence electrons. The van der Waals surface area contributed by atoms with Gasteiger partial charge in [-0.1, -0.05) is 75.5 Å². The summed E-state index contributed by atoms with van der Waals surface area (Å²) in [7, 11) is 0. The third-order valence-corrected chi connectivity index (χ3v) is 6.82. The molecule has 3 rings (SSSR count). The summed E-state index contributed by atoms with van der Waals surface area (Å²) in [6, 6.07) is 12.3. The van der Waals surface area contributed by atoms with Gasteiger partial charge in [0.2, 0.25) is 5.91 Å². The molecule has 1 aliphatic rings. The molecule has 0 spiro atoms. The lowest BCUT2D eigenvalue weighted by Gasteiger charge is -2.32. The highest BCUT2D eigenvalue weighted by atomic mass is 35.5. The maximum atomic E-state index is 12.6. The van der Waals surface area contributed by atoms with E-state index in [4.69, 9.17) is 28.9 Å². The fraction of sp³-hybridized carbons (Fsp3) is 0.462. The van der Waals surface area contributed by atoms with Crippen LogP contribution in [0.4, 0.5) is 16.2 Å². The fourth-order valence-corrected chi connectivity index (χ4v) is 4.29. The van der Waals surface area contributed by atoms with Crippen molar-refractivity contribution in [2.45, 2.75) is 58.9 Å². The lowest BCUT2D eigenvalue weighted by atomic mass is 9.89. The molecule has 2 atom stereocenters. The first kappa shape index (κ1) is 28.0. The van der Waals surface area contributed by atoms with Crippen LogP contribution in [-0.2, 0) is 4.79 Å². The number of likely N-dealkylation sites (tertiary alicyclic amines) is 1. The number of hydrogen-bond acceptors (Lipinski definition) is 3. The second kappa shape index (κ2) is 13.6. The molecule has 2 aromatic rings. The van der Waals surface area contributed by atoms with Crippen molar-refractivity contribution in [3.63, 3.8) is 0 Å². The fourth-order valence-electron chi connectivity index (χ4n) is 3.80. The minimum absolute atomic E-state index is 0.130. The number of urea groups is 1. The molecule has 4 N–H and O–H groups in total. The lowest BCUT2D eigenvalue weighted by Crippen LogP contribution is -2.40. The highest BCUT2D eigenvalue weighted by Gasteiger charge is 2.25. The van der Waals surface area contributed by atoms with E-state index in [9.17, 15) is 9.59 Å². The van der Waals surface area contributed by atoms with Crippen LogP contribution in [-0.4, -0.2) is 36.0 Å². The lowest BCUT2D eigenvalue weighted by molar-refractivity contribution is -0.118. The molecule has 1 saturated heterocycles. The summed E-state index contributed by atoms with van der Waals surface area (Å²) in [6.07, 6.45) is 2.57. The van der Waals surface area contributed by atoms with E-state index >= 15 is 0 Å². The molecule has 1 aliphatic heterocycles. The number of nitrogens with one attached hydrogen (secondary N) is 2. The van der Waals surface area contributed by atoms with E-state index in [0.29, 0.717) is 34.7 Å². The molecule has 34 heavy (non-hydrogen) atoms. The molecule has 2 unspecified atom stereocenters. The summed E-state index contributed by atoms with van der Waals surface area (Å²) in [4.78, 5) is 26.7. The molecular weight excluding hydrogens is 471 g/mol. The zero-order chi connectivity index (χ0) is 25.3. The predicted octanol–water partition coefficient (Wildman–Crippen LogP) is 6.74. The molecule has 0 radical (unpaired) electrons. The summed E-state index contributed by atoms with van der Waals surface area (Å²) in [5.41, 5.74) is 8.38. The van der Waals surface area contributed by atoms with Gasteiger partial charge in [-0.15, -0.1) is 0 Å². The van der Waals surface area contributed by atoms with Gasteiger partial charge in [-0.2, -0.15) is 0 Å². The van der Waals surface area contributed by atoms with E-state index < -0.39 is 6.04 Å². The van der Waals surface area contributed by atoms with Crippen molar-refractivity contribution < 1.29 is 9.59 Å². The maximum absolute atomic E-state index is 12.6. The van der Waals surface area contributed by atoms with Crippen LogP contribution < -0.4 is 16.4 Å². The Kier molecular flexibility index (Phi) is 11.2. The van der Waals surface area contributed by atoms with E-state index in [1.54, 1.807) is 23.1 Å². The summed E-state index contributed by atoms with van der Waals surface area (Å²) >= 11 is 12.3. The van der Waals surface area contributed by atoms with Gasteiger partial charge in [-0.25, -0.2) is 4.79 Å². The average Bonchev–Trinajstić information content (AvgIpc) is 2.87. The van der Waals surface area contributed by atoms with Crippen molar-refractivity contribution in [1.29, 1.82) is 0 Å². The summed E-state index contributed by atoms with van der Waals surface area (Å²) < 4.78 is 0. The molecule has 0 bridgehead atoms. The zero-order valence-electron chi connectivity index (χ0n) is 20.4. The Bertz CT molecular complexity index is 924. The Hall–Kier alpha value is -2.28. The summed E-state index contributed by atoms with van der Waals surface area (Å²) in [5.74, 6) is 0.325. The molecule has 1 heterocycles. The number of halogens is 2. The van der Waals surface area contributed by atoms with E-state index in [0.717, 1.165) is 24.9 Å². The van der Waals surface area contributed by atoms with Crippen molar-refractivity contribution in [3.05, 3.63) is 58.1 Å². The minimum Gasteiger partial charge on any atom is -0.325 e. The third kappa shape index (κ3) is 7.36. The highest BCUT2D eigenvalue weighted by Crippen LogP contribution is 2.32. The Morgan fingerprint density at radius 2 is 1.59 bits per heavy atom. The summed E-state index contributed by atoms with van der Waals surface area (Å²) in [5, 5.41) is 6.55. The minimum atomic E-state index is -0.518. The SMILES string of the molecule is CC.CCC(C)C(N)C(=O)Nc1ccc(C2CCN(C(=O)Nc3c(Cl)cccc3Cl)CC2)cc1. The zero-order valence-corrected chi connectivity index (χ0v) is 21.9. The monoisotopic (exact) mass is 506 g/mol. The second-order valence-electron chi connectivity index (χ2n) is 8.31. The van der Waals surface area contributed by atoms with Crippen molar-refractivity contribution in [3.8, 4) is 0 Å². The van der Waals surface area contributed by atoms with Crippen molar-refractivity contribution >= 4 is 46.5 Å². The number of benzene rings is 2. The Labute approximate surface area is 213 Å². The van der Waals surface area contributed by atoms with Gasteiger partial charge < -0.3 is 21.3 Å². The number of nitrogens with two attached hydrogens (primary N) is 1. The molecule has 0 aliphatic carbocycles. The number of carbonyl (C=O) groups is 2. The summed E-state index contributed by atoms with van der Waals surface area (Å²) in [6.45, 7) is 9.28. The van der Waals surface area contributed by atoms with Gasteiger partial charge >= 0.3 is 6.03 Å². The Balaban J connectivity index is 0.00000199. The van der Waals surface area contributed by atoms with E-state index in [2.05, 4.69) is 10.6 Å². The van der Waals surface area contributed by atoms with Crippen LogP contribution in [0.25, 0.3) is 0 Å². The van der Waals surface area contributed by atoms with Crippen molar-refractivity contribution in [1.82, 2.24) is 4.90 Å². The molecule has 0 aromatic heterocycles. The quantitative estimate of drug-likeness (QED) is 0.405. The first-order valence-corrected chi connectivity index (χ1v) is 12.7. The maximum Gasteiger partial charge on any atom is 0.321 e. The number of piperidine rings is 1. The van der Waals surface area contributed by atoms with Gasteiger partial charge in [0.25, 0.3) is 0 Å². The van der Waals surface area contributed by atoms with Gasteiger partial charge in [0.1, 0.15) is 0 Å². The number of amides is 3. The van der Waals surface area contributed by atoms with Crippen LogP contribution >= 0.6 is 23.2 Å². The normalized spacial score (nSPS) is 15.6.